The summed E-state index contributed by atoms with van der Waals surface area (Å²) < 4.78 is 5.58. The third-order valence-corrected chi connectivity index (χ3v) is 2.32. The van der Waals surface area contributed by atoms with E-state index in [1.807, 2.05) is 13.8 Å². The minimum Gasteiger partial charge on any atom is -0.374 e. The monoisotopic (exact) mass is 217 g/mol. The molecule has 0 aromatic rings. The Balaban J connectivity index is 2.69. The van der Waals surface area contributed by atoms with Crippen molar-refractivity contribution in [3.8, 4) is 0 Å². The molecule has 14 heavy (non-hydrogen) atoms. The van der Waals surface area contributed by atoms with Gasteiger partial charge in [0, 0.05) is 19.7 Å². The van der Waals surface area contributed by atoms with Crippen LogP contribution in [0.4, 0.5) is 0 Å². The predicted octanol–water partition coefficient (Wildman–Crippen LogP) is 1.77. The van der Waals surface area contributed by atoms with Crippen molar-refractivity contribution < 1.29 is 9.53 Å². The molecule has 0 atom stereocenters. The van der Waals surface area contributed by atoms with Crippen LogP contribution in [0.15, 0.2) is 11.6 Å². The first kappa shape index (κ1) is 11.5. The van der Waals surface area contributed by atoms with Gasteiger partial charge in [0.05, 0.1) is 10.6 Å². The van der Waals surface area contributed by atoms with Crippen LogP contribution < -0.4 is 0 Å². The molecule has 1 rings (SSSR count). The van der Waals surface area contributed by atoms with E-state index in [9.17, 15) is 4.79 Å². The fourth-order valence-corrected chi connectivity index (χ4v) is 1.65. The van der Waals surface area contributed by atoms with Crippen LogP contribution in [0, 0.1) is 0 Å². The Morgan fingerprint density at radius 1 is 1.57 bits per heavy atom. The van der Waals surface area contributed by atoms with E-state index in [-0.39, 0.29) is 16.5 Å². The first-order chi connectivity index (χ1) is 6.42. The number of hydrogen-bond acceptors (Lipinski definition) is 2. The second kappa shape index (κ2) is 4.32. The number of ether oxygens (including phenoxy) is 1. The third kappa shape index (κ3) is 3.00. The molecule has 1 saturated heterocycles. The molecule has 3 nitrogen and oxygen atoms in total. The molecular weight excluding hydrogens is 202 g/mol. The summed E-state index contributed by atoms with van der Waals surface area (Å²) >= 11 is 5.58. The molecular formula is C10H16ClNO2. The van der Waals surface area contributed by atoms with Gasteiger partial charge in [-0.1, -0.05) is 18.2 Å². The summed E-state index contributed by atoms with van der Waals surface area (Å²) in [6.07, 6.45) is 0.847. The molecule has 0 aromatic carbocycles. The average Bonchev–Trinajstić information content (AvgIpc) is 2.24. The Labute approximate surface area is 89.7 Å². The van der Waals surface area contributed by atoms with E-state index in [4.69, 9.17) is 16.3 Å². The van der Waals surface area contributed by atoms with Gasteiger partial charge in [0.1, 0.15) is 0 Å². The molecule has 0 unspecified atom stereocenters. The standard InChI is InChI=1S/C10H16ClNO2/c1-8(11)9(13)12-5-4-6-14-10(2,3)7-12/h1,4-7H2,2-3H3. The summed E-state index contributed by atoms with van der Waals surface area (Å²) in [5.41, 5.74) is -0.293. The third-order valence-electron chi connectivity index (χ3n) is 2.16. The molecule has 1 aliphatic heterocycles. The maximum absolute atomic E-state index is 11.6. The molecule has 4 heteroatoms. The smallest absolute Gasteiger partial charge is 0.264 e. The highest BCUT2D eigenvalue weighted by Crippen LogP contribution is 2.18. The molecule has 1 heterocycles. The predicted molar refractivity (Wildman–Crippen MR) is 56.2 cm³/mol. The van der Waals surface area contributed by atoms with Crippen LogP contribution in [0.5, 0.6) is 0 Å². The number of hydrogen-bond donors (Lipinski definition) is 0. The molecule has 1 amide bonds. The summed E-state index contributed by atoms with van der Waals surface area (Å²) in [6.45, 7) is 9.32. The van der Waals surface area contributed by atoms with Crippen LogP contribution in [-0.4, -0.2) is 36.1 Å². The van der Waals surface area contributed by atoms with Crippen LogP contribution >= 0.6 is 11.6 Å². The average molecular weight is 218 g/mol. The fraction of sp³-hybridized carbons (Fsp3) is 0.700. The molecule has 0 aromatic heterocycles. The van der Waals surface area contributed by atoms with Gasteiger partial charge in [0.25, 0.3) is 5.91 Å². The highest BCUT2D eigenvalue weighted by Gasteiger charge is 2.28. The summed E-state index contributed by atoms with van der Waals surface area (Å²) in [5, 5.41) is 0.0719. The number of amides is 1. The molecule has 0 spiro atoms. The number of rotatable bonds is 1. The van der Waals surface area contributed by atoms with Crippen molar-refractivity contribution in [2.45, 2.75) is 25.9 Å². The molecule has 1 aliphatic rings. The Kier molecular flexibility index (Phi) is 3.56. The largest absolute Gasteiger partial charge is 0.374 e. The number of halogens is 1. The van der Waals surface area contributed by atoms with E-state index < -0.39 is 0 Å². The molecule has 80 valence electrons. The maximum atomic E-state index is 11.6. The second-order valence-corrected chi connectivity index (χ2v) is 4.55. The summed E-state index contributed by atoms with van der Waals surface area (Å²) in [5.74, 6) is -0.190. The summed E-state index contributed by atoms with van der Waals surface area (Å²) in [7, 11) is 0. The van der Waals surface area contributed by atoms with Crippen molar-refractivity contribution in [3.63, 3.8) is 0 Å². The highest BCUT2D eigenvalue weighted by molar-refractivity contribution is 6.41. The van der Waals surface area contributed by atoms with Crippen molar-refractivity contribution >= 4 is 17.5 Å². The zero-order valence-corrected chi connectivity index (χ0v) is 9.43. The van der Waals surface area contributed by atoms with Crippen molar-refractivity contribution in [2.24, 2.45) is 0 Å². The van der Waals surface area contributed by atoms with Crippen LogP contribution in [0.3, 0.4) is 0 Å². The first-order valence-electron chi connectivity index (χ1n) is 4.70. The quantitative estimate of drug-likeness (QED) is 0.627. The Morgan fingerprint density at radius 3 is 2.79 bits per heavy atom. The van der Waals surface area contributed by atoms with Crippen molar-refractivity contribution in [2.75, 3.05) is 19.7 Å². The molecule has 0 N–H and O–H groups in total. The SMILES string of the molecule is C=C(Cl)C(=O)N1CCCOC(C)(C)C1. The van der Waals surface area contributed by atoms with Gasteiger partial charge in [0.2, 0.25) is 0 Å². The van der Waals surface area contributed by atoms with Gasteiger partial charge in [-0.05, 0) is 20.3 Å². The van der Waals surface area contributed by atoms with Crippen molar-refractivity contribution in [1.82, 2.24) is 4.90 Å². The van der Waals surface area contributed by atoms with Crippen LogP contribution in [0.25, 0.3) is 0 Å². The Morgan fingerprint density at radius 2 is 2.21 bits per heavy atom. The van der Waals surface area contributed by atoms with Gasteiger partial charge in [-0.15, -0.1) is 0 Å². The van der Waals surface area contributed by atoms with Crippen LogP contribution in [-0.2, 0) is 9.53 Å². The lowest BCUT2D eigenvalue weighted by atomic mass is 10.1. The Bertz CT molecular complexity index is 251. The normalized spacial score (nSPS) is 21.5. The van der Waals surface area contributed by atoms with Crippen LogP contribution in [0.1, 0.15) is 20.3 Å². The lowest BCUT2D eigenvalue weighted by Crippen LogP contribution is -2.41. The number of carbonyl (C=O) groups excluding carboxylic acids is 1. The van der Waals surface area contributed by atoms with E-state index >= 15 is 0 Å². The number of carbonyl (C=O) groups is 1. The molecule has 0 saturated carbocycles. The molecule has 0 aliphatic carbocycles. The van der Waals surface area contributed by atoms with Gasteiger partial charge >= 0.3 is 0 Å². The fourth-order valence-electron chi connectivity index (χ4n) is 1.53. The highest BCUT2D eigenvalue weighted by atomic mass is 35.5. The van der Waals surface area contributed by atoms with Gasteiger partial charge in [-0.25, -0.2) is 0 Å². The molecule has 1 fully saturated rings. The van der Waals surface area contributed by atoms with Gasteiger partial charge in [-0.3, -0.25) is 4.79 Å². The minimum atomic E-state index is -0.293. The van der Waals surface area contributed by atoms with Crippen molar-refractivity contribution in [3.05, 3.63) is 11.6 Å². The van der Waals surface area contributed by atoms with Gasteiger partial charge in [0.15, 0.2) is 0 Å². The summed E-state index contributed by atoms with van der Waals surface area (Å²) in [6, 6.07) is 0. The van der Waals surface area contributed by atoms with E-state index in [2.05, 4.69) is 6.58 Å². The van der Waals surface area contributed by atoms with E-state index in [0.717, 1.165) is 6.42 Å². The maximum Gasteiger partial charge on any atom is 0.264 e. The van der Waals surface area contributed by atoms with Crippen LogP contribution in [0.2, 0.25) is 0 Å². The van der Waals surface area contributed by atoms with Crippen molar-refractivity contribution in [1.29, 1.82) is 0 Å². The molecule has 0 bridgehead atoms. The zero-order chi connectivity index (χ0) is 10.8. The minimum absolute atomic E-state index is 0.0719. The Hall–Kier alpha value is -0.540. The second-order valence-electron chi connectivity index (χ2n) is 4.09. The van der Waals surface area contributed by atoms with Gasteiger partial charge in [-0.2, -0.15) is 0 Å². The van der Waals surface area contributed by atoms with Gasteiger partial charge < -0.3 is 9.64 Å². The zero-order valence-electron chi connectivity index (χ0n) is 8.68. The first-order valence-corrected chi connectivity index (χ1v) is 5.08. The topological polar surface area (TPSA) is 29.5 Å². The lowest BCUT2D eigenvalue weighted by molar-refractivity contribution is -0.128. The van der Waals surface area contributed by atoms with E-state index in [1.54, 1.807) is 4.90 Å². The van der Waals surface area contributed by atoms with E-state index in [1.165, 1.54) is 0 Å². The number of nitrogens with zero attached hydrogens (tertiary/aromatic N) is 1. The lowest BCUT2D eigenvalue weighted by Gasteiger charge is -2.28. The van der Waals surface area contributed by atoms with E-state index in [0.29, 0.717) is 19.7 Å². The molecule has 0 radical (unpaired) electrons. The summed E-state index contributed by atoms with van der Waals surface area (Å²) in [4.78, 5) is 13.3.